The first kappa shape index (κ1) is 39.2. The van der Waals surface area contributed by atoms with Gasteiger partial charge in [0.25, 0.3) is 0 Å². The van der Waals surface area contributed by atoms with E-state index < -0.39 is 5.41 Å². The van der Waals surface area contributed by atoms with Gasteiger partial charge in [0.15, 0.2) is 0 Å². The smallest absolute Gasteiger partial charge is 0.0755 e. The molecule has 1 aliphatic heterocycles. The molecule has 14 rings (SSSR count). The maximum atomic E-state index is 2.52. The average molecular weight is 877 g/mol. The SMILES string of the molecule is c1ccc(-c2ccc(-c3ccc(N(c4ccc5c(c4)C4(c6ccccc6-5)c5ccccc5-n5c6ccccc6c6cccc4c65)c4ccccc4-c4ccc(-c5ccccc5)cc4)cc3)cc2)cc1. The Bertz CT molecular complexity index is 3920. The van der Waals surface area contributed by atoms with Gasteiger partial charge in [0, 0.05) is 27.7 Å². The van der Waals surface area contributed by atoms with Gasteiger partial charge in [-0.25, -0.2) is 0 Å². The number of aromatic nitrogens is 1. The van der Waals surface area contributed by atoms with Crippen LogP contribution in [-0.2, 0) is 5.41 Å². The van der Waals surface area contributed by atoms with E-state index in [0.29, 0.717) is 0 Å². The number of hydrogen-bond donors (Lipinski definition) is 0. The van der Waals surface area contributed by atoms with Crippen molar-refractivity contribution in [2.24, 2.45) is 0 Å². The van der Waals surface area contributed by atoms with E-state index in [9.17, 15) is 0 Å². The van der Waals surface area contributed by atoms with Crippen LogP contribution in [0.15, 0.2) is 267 Å². The van der Waals surface area contributed by atoms with Gasteiger partial charge in [0.05, 0.1) is 27.8 Å². The molecule has 0 N–H and O–H groups in total. The Hall–Kier alpha value is -8.98. The molecule has 12 aromatic rings. The van der Waals surface area contributed by atoms with Gasteiger partial charge in [-0.1, -0.05) is 224 Å². The standard InChI is InChI=1S/C67H44N2/c1-3-16-45(17-4-1)47-30-32-49(33-31-47)50-38-40-52(41-39-50)68(63-27-12-8-20-54(63)51-36-34-48(35-37-51)46-18-5-2-6-19-46)53-42-43-56-55-21-7-10-24-59(55)67(62(56)44-53)60-25-11-14-29-65(60)69-64-28-13-9-22-57(64)58-23-15-26-61(67)66(58)69/h1-44H. The molecule has 69 heavy (non-hydrogen) atoms. The molecule has 322 valence electrons. The van der Waals surface area contributed by atoms with Crippen LogP contribution >= 0.6 is 0 Å². The third kappa shape index (κ3) is 5.92. The van der Waals surface area contributed by atoms with Crippen molar-refractivity contribution in [3.8, 4) is 61.3 Å². The van der Waals surface area contributed by atoms with Crippen molar-refractivity contribution in [3.05, 3.63) is 289 Å². The number of rotatable bonds is 7. The molecule has 0 bridgehead atoms. The van der Waals surface area contributed by atoms with Crippen LogP contribution in [-0.4, -0.2) is 4.57 Å². The summed E-state index contributed by atoms with van der Waals surface area (Å²) in [6.45, 7) is 0. The van der Waals surface area contributed by atoms with Gasteiger partial charge < -0.3 is 9.47 Å². The minimum Gasteiger partial charge on any atom is -0.310 e. The van der Waals surface area contributed by atoms with Crippen molar-refractivity contribution in [3.63, 3.8) is 0 Å². The second-order valence-electron chi connectivity index (χ2n) is 18.4. The molecular weight excluding hydrogens is 833 g/mol. The Labute approximate surface area is 402 Å². The van der Waals surface area contributed by atoms with E-state index >= 15 is 0 Å². The Morgan fingerprint density at radius 2 is 0.768 bits per heavy atom. The van der Waals surface area contributed by atoms with Crippen molar-refractivity contribution < 1.29 is 0 Å². The highest BCUT2D eigenvalue weighted by Crippen LogP contribution is 2.62. The Morgan fingerprint density at radius 1 is 0.290 bits per heavy atom. The largest absolute Gasteiger partial charge is 0.310 e. The molecule has 0 saturated heterocycles. The highest BCUT2D eigenvalue weighted by atomic mass is 15.1. The van der Waals surface area contributed by atoms with Crippen LogP contribution in [0.4, 0.5) is 17.1 Å². The second kappa shape index (κ2) is 15.6. The van der Waals surface area contributed by atoms with Gasteiger partial charge in [-0.2, -0.15) is 0 Å². The number of nitrogens with zero attached hydrogens (tertiary/aromatic N) is 2. The summed E-state index contributed by atoms with van der Waals surface area (Å²) in [7, 11) is 0. The first-order chi connectivity index (χ1) is 34.2. The van der Waals surface area contributed by atoms with Crippen LogP contribution in [0.25, 0.3) is 83.1 Å². The number of hydrogen-bond acceptors (Lipinski definition) is 1. The number of fused-ring (bicyclic) bond motifs is 12. The fraction of sp³-hybridized carbons (Fsp3) is 0.0149. The zero-order valence-electron chi connectivity index (χ0n) is 37.8. The monoisotopic (exact) mass is 876 g/mol. The predicted molar refractivity (Wildman–Crippen MR) is 288 cm³/mol. The molecule has 11 aromatic carbocycles. The summed E-state index contributed by atoms with van der Waals surface area (Å²) in [5, 5.41) is 2.55. The highest BCUT2D eigenvalue weighted by Gasteiger charge is 2.51. The van der Waals surface area contributed by atoms with Crippen LogP contribution in [0.5, 0.6) is 0 Å². The zero-order chi connectivity index (χ0) is 45.5. The minimum absolute atomic E-state index is 0.573. The lowest BCUT2D eigenvalue weighted by Crippen LogP contribution is -2.33. The first-order valence-corrected chi connectivity index (χ1v) is 23.9. The van der Waals surface area contributed by atoms with Crippen molar-refractivity contribution in [2.75, 3.05) is 4.90 Å². The number of para-hydroxylation sites is 4. The van der Waals surface area contributed by atoms with Crippen LogP contribution in [0, 0.1) is 0 Å². The van der Waals surface area contributed by atoms with E-state index in [1.807, 2.05) is 0 Å². The summed E-state index contributed by atoms with van der Waals surface area (Å²) in [5.41, 5.74) is 23.8. The minimum atomic E-state index is -0.573. The summed E-state index contributed by atoms with van der Waals surface area (Å²) < 4.78 is 2.52. The summed E-state index contributed by atoms with van der Waals surface area (Å²) in [6, 6.07) is 98.6. The molecule has 0 amide bonds. The first-order valence-electron chi connectivity index (χ1n) is 23.9. The van der Waals surface area contributed by atoms with E-state index in [0.717, 1.165) is 28.2 Å². The van der Waals surface area contributed by atoms with E-state index in [1.54, 1.807) is 0 Å². The van der Waals surface area contributed by atoms with E-state index in [-0.39, 0.29) is 0 Å². The van der Waals surface area contributed by atoms with Crippen molar-refractivity contribution in [2.45, 2.75) is 5.41 Å². The molecule has 2 nitrogen and oxygen atoms in total. The van der Waals surface area contributed by atoms with E-state index in [1.165, 1.54) is 94.3 Å². The van der Waals surface area contributed by atoms with Crippen LogP contribution in [0.2, 0.25) is 0 Å². The fourth-order valence-electron chi connectivity index (χ4n) is 11.8. The van der Waals surface area contributed by atoms with Crippen molar-refractivity contribution in [1.29, 1.82) is 0 Å². The van der Waals surface area contributed by atoms with Gasteiger partial charge in [0.2, 0.25) is 0 Å². The fourth-order valence-corrected chi connectivity index (χ4v) is 11.8. The maximum Gasteiger partial charge on any atom is 0.0755 e. The van der Waals surface area contributed by atoms with Gasteiger partial charge in [0.1, 0.15) is 0 Å². The van der Waals surface area contributed by atoms with Gasteiger partial charge in [-0.15, -0.1) is 0 Å². The molecule has 0 fully saturated rings. The molecular formula is C67H44N2. The lowest BCUT2D eigenvalue weighted by molar-refractivity contribution is 0.748. The Morgan fingerprint density at radius 3 is 1.46 bits per heavy atom. The summed E-state index contributed by atoms with van der Waals surface area (Å²) in [6.07, 6.45) is 0. The van der Waals surface area contributed by atoms with Crippen LogP contribution in [0.1, 0.15) is 22.3 Å². The number of benzene rings is 11. The molecule has 2 heteroatoms. The number of anilines is 3. The van der Waals surface area contributed by atoms with Gasteiger partial charge in [-0.3, -0.25) is 0 Å². The van der Waals surface area contributed by atoms with E-state index in [4.69, 9.17) is 0 Å². The molecule has 1 atom stereocenters. The van der Waals surface area contributed by atoms with Crippen LogP contribution < -0.4 is 4.90 Å². The normalized spacial score (nSPS) is 14.1. The molecule has 2 aliphatic rings. The average Bonchev–Trinajstić information content (AvgIpc) is 3.92. The molecule has 1 spiro atoms. The van der Waals surface area contributed by atoms with Gasteiger partial charge in [-0.05, 0) is 115 Å². The summed E-state index contributed by atoms with van der Waals surface area (Å²) in [5.74, 6) is 0. The van der Waals surface area contributed by atoms with Crippen molar-refractivity contribution >= 4 is 38.9 Å². The lowest BCUT2D eigenvalue weighted by atomic mass is 9.65. The highest BCUT2D eigenvalue weighted by molar-refractivity contribution is 6.13. The molecule has 1 aliphatic carbocycles. The quantitative estimate of drug-likeness (QED) is 0.155. The third-order valence-electron chi connectivity index (χ3n) is 14.8. The Kier molecular flexibility index (Phi) is 8.84. The molecule has 1 aromatic heterocycles. The van der Waals surface area contributed by atoms with Crippen molar-refractivity contribution in [1.82, 2.24) is 4.57 Å². The molecule has 1 unspecified atom stereocenters. The second-order valence-corrected chi connectivity index (χ2v) is 18.4. The van der Waals surface area contributed by atoms with Crippen LogP contribution in [0.3, 0.4) is 0 Å². The lowest BCUT2D eigenvalue weighted by Gasteiger charge is -2.40. The molecule has 0 radical (unpaired) electrons. The molecule has 2 heterocycles. The third-order valence-corrected chi connectivity index (χ3v) is 14.8. The Balaban J connectivity index is 0.980. The van der Waals surface area contributed by atoms with Gasteiger partial charge >= 0.3 is 0 Å². The topological polar surface area (TPSA) is 8.17 Å². The zero-order valence-corrected chi connectivity index (χ0v) is 37.8. The summed E-state index contributed by atoms with van der Waals surface area (Å²) in [4.78, 5) is 2.48. The van der Waals surface area contributed by atoms with E-state index in [2.05, 4.69) is 276 Å². The molecule has 0 saturated carbocycles. The summed E-state index contributed by atoms with van der Waals surface area (Å²) >= 11 is 0. The maximum absolute atomic E-state index is 2.52. The predicted octanol–water partition coefficient (Wildman–Crippen LogP) is 17.6.